The first kappa shape index (κ1) is 14.7. The van der Waals surface area contributed by atoms with Crippen molar-refractivity contribution in [2.24, 2.45) is 5.41 Å². The summed E-state index contributed by atoms with van der Waals surface area (Å²) in [5.74, 6) is -0.666. The number of hydrogen-bond donors (Lipinski definition) is 1. The van der Waals surface area contributed by atoms with Crippen LogP contribution < -0.4 is 5.32 Å². The van der Waals surface area contributed by atoms with E-state index in [1.807, 2.05) is 0 Å². The number of nitro groups is 1. The predicted octanol–water partition coefficient (Wildman–Crippen LogP) is 4.24. The van der Waals surface area contributed by atoms with E-state index >= 15 is 0 Å². The Morgan fingerprint density at radius 2 is 2.06 bits per heavy atom. The summed E-state index contributed by atoms with van der Waals surface area (Å²) in [5, 5.41) is 13.5. The van der Waals surface area contributed by atoms with E-state index in [-0.39, 0.29) is 21.8 Å². The van der Waals surface area contributed by atoms with Crippen LogP contribution in [0.3, 0.4) is 0 Å². The molecule has 0 amide bonds. The highest BCUT2D eigenvalue weighted by Crippen LogP contribution is 2.30. The van der Waals surface area contributed by atoms with Gasteiger partial charge in [-0.3, -0.25) is 10.1 Å². The maximum atomic E-state index is 13.3. The maximum Gasteiger partial charge on any atom is 0.294 e. The molecular formula is C12H16ClFN2O2. The predicted molar refractivity (Wildman–Crippen MR) is 70.6 cm³/mol. The van der Waals surface area contributed by atoms with E-state index in [9.17, 15) is 14.5 Å². The number of nitrogens with zero attached hydrogens (tertiary/aromatic N) is 1. The molecule has 1 rings (SSSR count). The molecule has 0 aliphatic carbocycles. The molecule has 0 spiro atoms. The average Bonchev–Trinajstić information content (AvgIpc) is 2.20. The molecule has 6 heteroatoms. The van der Waals surface area contributed by atoms with Crippen LogP contribution >= 0.6 is 11.6 Å². The Kier molecular flexibility index (Phi) is 4.51. The minimum Gasteiger partial charge on any atom is -0.379 e. The molecule has 0 unspecified atom stereocenters. The lowest BCUT2D eigenvalue weighted by Crippen LogP contribution is -2.13. The van der Waals surface area contributed by atoms with Crippen molar-refractivity contribution in [3.8, 4) is 0 Å². The van der Waals surface area contributed by atoms with Gasteiger partial charge in [0.25, 0.3) is 5.69 Å². The van der Waals surface area contributed by atoms with Crippen molar-refractivity contribution in [1.82, 2.24) is 0 Å². The summed E-state index contributed by atoms with van der Waals surface area (Å²) in [6.07, 6.45) is 0.814. The van der Waals surface area contributed by atoms with E-state index in [1.54, 1.807) is 0 Å². The van der Waals surface area contributed by atoms with Crippen molar-refractivity contribution in [2.75, 3.05) is 11.9 Å². The molecule has 0 atom stereocenters. The molecule has 0 saturated carbocycles. The Morgan fingerprint density at radius 1 is 1.44 bits per heavy atom. The van der Waals surface area contributed by atoms with Gasteiger partial charge in [0, 0.05) is 18.7 Å². The third-order valence-electron chi connectivity index (χ3n) is 2.43. The van der Waals surface area contributed by atoms with Gasteiger partial charge in [0.1, 0.15) is 11.5 Å². The Balaban J connectivity index is 2.87. The number of rotatable bonds is 4. The molecule has 1 aromatic rings. The van der Waals surface area contributed by atoms with Gasteiger partial charge in [-0.25, -0.2) is 4.39 Å². The Labute approximate surface area is 110 Å². The summed E-state index contributed by atoms with van der Waals surface area (Å²) in [7, 11) is 0. The van der Waals surface area contributed by atoms with E-state index in [2.05, 4.69) is 26.1 Å². The minimum atomic E-state index is -0.666. The monoisotopic (exact) mass is 274 g/mol. The number of nitrogens with one attached hydrogen (secondary N) is 1. The first-order chi connectivity index (χ1) is 8.20. The van der Waals surface area contributed by atoms with Crippen LogP contribution in [-0.4, -0.2) is 11.5 Å². The van der Waals surface area contributed by atoms with Gasteiger partial charge < -0.3 is 5.32 Å². The average molecular weight is 275 g/mol. The highest BCUT2D eigenvalue weighted by atomic mass is 35.5. The summed E-state index contributed by atoms with van der Waals surface area (Å²) in [5.41, 5.74) is 0.0497. The normalized spacial score (nSPS) is 11.4. The van der Waals surface area contributed by atoms with Crippen molar-refractivity contribution in [1.29, 1.82) is 0 Å². The second-order valence-corrected chi connectivity index (χ2v) is 5.69. The molecule has 0 fully saturated rings. The third-order valence-corrected chi connectivity index (χ3v) is 2.72. The van der Waals surface area contributed by atoms with Gasteiger partial charge >= 0.3 is 0 Å². The molecular weight excluding hydrogens is 259 g/mol. The van der Waals surface area contributed by atoms with Crippen LogP contribution in [0.2, 0.25) is 5.02 Å². The van der Waals surface area contributed by atoms with Gasteiger partial charge in [0.2, 0.25) is 0 Å². The van der Waals surface area contributed by atoms with E-state index in [0.29, 0.717) is 6.54 Å². The molecule has 0 saturated heterocycles. The van der Waals surface area contributed by atoms with Crippen LogP contribution in [-0.2, 0) is 0 Å². The van der Waals surface area contributed by atoms with Crippen molar-refractivity contribution < 1.29 is 9.31 Å². The van der Waals surface area contributed by atoms with Crippen molar-refractivity contribution in [2.45, 2.75) is 27.2 Å². The highest BCUT2D eigenvalue weighted by molar-refractivity contribution is 6.31. The number of hydrogen-bond acceptors (Lipinski definition) is 3. The molecule has 0 bridgehead atoms. The van der Waals surface area contributed by atoms with Crippen molar-refractivity contribution in [3.05, 3.63) is 33.1 Å². The van der Waals surface area contributed by atoms with Gasteiger partial charge in [0.15, 0.2) is 0 Å². The van der Waals surface area contributed by atoms with Crippen LogP contribution in [0, 0.1) is 21.3 Å². The zero-order chi connectivity index (χ0) is 13.9. The molecule has 4 nitrogen and oxygen atoms in total. The lowest BCUT2D eigenvalue weighted by Gasteiger charge is -2.18. The first-order valence-corrected chi connectivity index (χ1v) is 5.96. The second kappa shape index (κ2) is 5.52. The Morgan fingerprint density at radius 3 is 2.56 bits per heavy atom. The van der Waals surface area contributed by atoms with Crippen LogP contribution in [0.5, 0.6) is 0 Å². The highest BCUT2D eigenvalue weighted by Gasteiger charge is 2.18. The molecule has 0 aliphatic rings. The number of nitro benzene ring substituents is 1. The molecule has 100 valence electrons. The Bertz CT molecular complexity index is 458. The van der Waals surface area contributed by atoms with Crippen molar-refractivity contribution in [3.63, 3.8) is 0 Å². The fourth-order valence-electron chi connectivity index (χ4n) is 1.40. The van der Waals surface area contributed by atoms with Gasteiger partial charge in [-0.2, -0.15) is 0 Å². The summed E-state index contributed by atoms with van der Waals surface area (Å²) < 4.78 is 13.3. The SMILES string of the molecule is CC(C)(C)CCNc1cc(F)c(Cl)cc1[N+](=O)[O-]. The van der Waals surface area contributed by atoms with E-state index in [0.717, 1.165) is 18.6 Å². The number of anilines is 1. The lowest BCUT2D eigenvalue weighted by molar-refractivity contribution is -0.384. The second-order valence-electron chi connectivity index (χ2n) is 5.28. The van der Waals surface area contributed by atoms with Crippen LogP contribution in [0.1, 0.15) is 27.2 Å². The summed E-state index contributed by atoms with van der Waals surface area (Å²) in [6.45, 7) is 6.72. The zero-order valence-corrected chi connectivity index (χ0v) is 11.3. The van der Waals surface area contributed by atoms with Crippen LogP contribution in [0.15, 0.2) is 12.1 Å². The molecule has 0 heterocycles. The number of benzene rings is 1. The van der Waals surface area contributed by atoms with Gasteiger partial charge in [-0.1, -0.05) is 32.4 Å². The summed E-state index contributed by atoms with van der Waals surface area (Å²) in [6, 6.07) is 2.08. The van der Waals surface area contributed by atoms with E-state index in [1.165, 1.54) is 0 Å². The van der Waals surface area contributed by atoms with E-state index < -0.39 is 10.7 Å². The van der Waals surface area contributed by atoms with Crippen molar-refractivity contribution >= 4 is 23.0 Å². The largest absolute Gasteiger partial charge is 0.379 e. The summed E-state index contributed by atoms with van der Waals surface area (Å²) >= 11 is 5.53. The van der Waals surface area contributed by atoms with Gasteiger partial charge in [0.05, 0.1) is 9.95 Å². The van der Waals surface area contributed by atoms with Gasteiger partial charge in [-0.15, -0.1) is 0 Å². The topological polar surface area (TPSA) is 55.2 Å². The molecule has 0 aromatic heterocycles. The Hall–Kier alpha value is -1.36. The maximum absolute atomic E-state index is 13.3. The van der Waals surface area contributed by atoms with E-state index in [4.69, 9.17) is 11.6 Å². The molecule has 1 aromatic carbocycles. The molecule has 0 radical (unpaired) electrons. The molecule has 0 aliphatic heterocycles. The molecule has 1 N–H and O–H groups in total. The summed E-state index contributed by atoms with van der Waals surface area (Å²) in [4.78, 5) is 10.3. The van der Waals surface area contributed by atoms with Gasteiger partial charge in [-0.05, 0) is 11.8 Å². The smallest absolute Gasteiger partial charge is 0.294 e. The first-order valence-electron chi connectivity index (χ1n) is 5.58. The lowest BCUT2D eigenvalue weighted by atomic mass is 9.92. The quantitative estimate of drug-likeness (QED) is 0.660. The third kappa shape index (κ3) is 4.14. The number of halogens is 2. The van der Waals surface area contributed by atoms with Crippen LogP contribution in [0.4, 0.5) is 15.8 Å². The fourth-order valence-corrected chi connectivity index (χ4v) is 1.56. The molecule has 18 heavy (non-hydrogen) atoms. The standard InChI is InChI=1S/C12H16ClFN2O2/c1-12(2,3)4-5-15-10-7-9(14)8(13)6-11(10)16(17)18/h6-7,15H,4-5H2,1-3H3. The minimum absolute atomic E-state index is 0.104. The zero-order valence-electron chi connectivity index (χ0n) is 10.6. The van der Waals surface area contributed by atoms with Crippen LogP contribution in [0.25, 0.3) is 0 Å². The fraction of sp³-hybridized carbons (Fsp3) is 0.500.